The van der Waals surface area contributed by atoms with Gasteiger partial charge in [0, 0.05) is 25.9 Å². The van der Waals surface area contributed by atoms with Crippen LogP contribution in [0.15, 0.2) is 33.8 Å². The fourth-order valence-corrected chi connectivity index (χ4v) is 2.32. The van der Waals surface area contributed by atoms with E-state index in [0.29, 0.717) is 31.4 Å². The van der Waals surface area contributed by atoms with Crippen molar-refractivity contribution >= 4 is 29.9 Å². The largest absolute Gasteiger partial charge is 0.489 e. The molecule has 27 heavy (non-hydrogen) atoms. The Morgan fingerprint density at radius 2 is 2.04 bits per heavy atom. The van der Waals surface area contributed by atoms with Crippen LogP contribution in [-0.2, 0) is 6.42 Å². The molecule has 1 aromatic carbocycles. The lowest BCUT2D eigenvalue weighted by molar-refractivity contribution is 0.223. The highest BCUT2D eigenvalue weighted by Crippen LogP contribution is 2.13. The number of hydrogen-bond donors (Lipinski definition) is 2. The number of nitrogens with one attached hydrogen (secondary N) is 2. The summed E-state index contributed by atoms with van der Waals surface area (Å²) in [6.45, 7) is 9.46. The maximum atomic E-state index is 5.91. The van der Waals surface area contributed by atoms with Crippen LogP contribution in [0.3, 0.4) is 0 Å². The fraction of sp³-hybridized carbons (Fsp3) is 0.526. The first-order valence-electron chi connectivity index (χ1n) is 8.98. The van der Waals surface area contributed by atoms with Gasteiger partial charge < -0.3 is 19.9 Å². The van der Waals surface area contributed by atoms with E-state index in [-0.39, 0.29) is 36.0 Å². The van der Waals surface area contributed by atoms with Gasteiger partial charge in [-0.3, -0.25) is 4.99 Å². The summed E-state index contributed by atoms with van der Waals surface area (Å²) >= 11 is 0. The minimum Gasteiger partial charge on any atom is -0.489 e. The Morgan fingerprint density at radius 3 is 2.67 bits per heavy atom. The Hall–Kier alpha value is -1.84. The van der Waals surface area contributed by atoms with Gasteiger partial charge >= 0.3 is 0 Å². The van der Waals surface area contributed by atoms with E-state index in [0.717, 1.165) is 11.6 Å². The van der Waals surface area contributed by atoms with Crippen LogP contribution in [0.4, 0.5) is 0 Å². The van der Waals surface area contributed by atoms with E-state index in [2.05, 4.69) is 38.8 Å². The zero-order chi connectivity index (χ0) is 18.9. The Labute approximate surface area is 178 Å². The van der Waals surface area contributed by atoms with Crippen molar-refractivity contribution in [3.63, 3.8) is 0 Å². The fourth-order valence-electron chi connectivity index (χ4n) is 2.32. The Bertz CT molecular complexity index is 718. The lowest BCUT2D eigenvalue weighted by atomic mass is 10.2. The van der Waals surface area contributed by atoms with Gasteiger partial charge in [0.05, 0.1) is 6.54 Å². The molecule has 0 bridgehead atoms. The van der Waals surface area contributed by atoms with Crippen LogP contribution in [0, 0.1) is 6.92 Å². The number of aliphatic imine (C=N–C) groups is 1. The number of hydrogen-bond acceptors (Lipinski definition) is 5. The van der Waals surface area contributed by atoms with Crippen LogP contribution < -0.4 is 15.4 Å². The molecule has 0 aliphatic rings. The van der Waals surface area contributed by atoms with Crippen molar-refractivity contribution in [1.29, 1.82) is 0 Å². The molecule has 8 heteroatoms. The molecule has 7 nitrogen and oxygen atoms in total. The number of rotatable bonds is 8. The van der Waals surface area contributed by atoms with Crippen LogP contribution in [0.2, 0.25) is 0 Å². The molecule has 1 atom stereocenters. The van der Waals surface area contributed by atoms with Crippen LogP contribution >= 0.6 is 24.0 Å². The number of ether oxygens (including phenoxy) is 1. The minimum atomic E-state index is 0. The zero-order valence-electron chi connectivity index (χ0n) is 16.7. The van der Waals surface area contributed by atoms with E-state index in [9.17, 15) is 0 Å². The SMILES string of the molecule is CN=C(NCCc1nc(C(C)C)no1)NCC(C)Oc1cccc(C)c1.I. The molecule has 0 saturated carbocycles. The van der Waals surface area contributed by atoms with E-state index < -0.39 is 0 Å². The summed E-state index contributed by atoms with van der Waals surface area (Å²) in [5, 5.41) is 10.5. The van der Waals surface area contributed by atoms with Gasteiger partial charge in [0.2, 0.25) is 5.89 Å². The minimum absolute atomic E-state index is 0. The number of aromatic nitrogens is 2. The monoisotopic (exact) mass is 487 g/mol. The third kappa shape index (κ3) is 8.15. The van der Waals surface area contributed by atoms with E-state index in [4.69, 9.17) is 9.26 Å². The molecule has 1 unspecified atom stereocenters. The van der Waals surface area contributed by atoms with E-state index in [1.54, 1.807) is 7.05 Å². The third-order valence-corrected chi connectivity index (χ3v) is 3.74. The average molecular weight is 487 g/mol. The second kappa shape index (κ2) is 11.8. The van der Waals surface area contributed by atoms with Crippen LogP contribution in [-0.4, -0.2) is 42.3 Å². The molecule has 0 saturated heterocycles. The van der Waals surface area contributed by atoms with E-state index in [1.165, 1.54) is 5.56 Å². The highest BCUT2D eigenvalue weighted by Gasteiger charge is 2.10. The van der Waals surface area contributed by atoms with Crippen molar-refractivity contribution in [2.45, 2.75) is 46.1 Å². The lowest BCUT2D eigenvalue weighted by Gasteiger charge is -2.17. The average Bonchev–Trinajstić information content (AvgIpc) is 3.07. The molecule has 0 spiro atoms. The number of nitrogens with zero attached hydrogens (tertiary/aromatic N) is 3. The number of benzene rings is 1. The van der Waals surface area contributed by atoms with Crippen LogP contribution in [0.25, 0.3) is 0 Å². The molecule has 150 valence electrons. The van der Waals surface area contributed by atoms with E-state index in [1.807, 2.05) is 39.0 Å². The smallest absolute Gasteiger partial charge is 0.228 e. The quantitative estimate of drug-likeness (QED) is 0.338. The molecule has 2 rings (SSSR count). The van der Waals surface area contributed by atoms with Crippen molar-refractivity contribution < 1.29 is 9.26 Å². The third-order valence-electron chi connectivity index (χ3n) is 3.74. The molecule has 0 radical (unpaired) electrons. The topological polar surface area (TPSA) is 84.6 Å². The van der Waals surface area contributed by atoms with Gasteiger partial charge in [-0.2, -0.15) is 4.98 Å². The lowest BCUT2D eigenvalue weighted by Crippen LogP contribution is -2.42. The molecule has 2 N–H and O–H groups in total. The van der Waals surface area contributed by atoms with Gasteiger partial charge in [-0.05, 0) is 31.5 Å². The summed E-state index contributed by atoms with van der Waals surface area (Å²) in [5.41, 5.74) is 1.18. The first-order valence-corrected chi connectivity index (χ1v) is 8.98. The Kier molecular flexibility index (Phi) is 10.1. The van der Waals surface area contributed by atoms with Crippen molar-refractivity contribution in [2.75, 3.05) is 20.1 Å². The normalized spacial score (nSPS) is 12.4. The predicted octanol–water partition coefficient (Wildman–Crippen LogP) is 3.29. The second-order valence-corrected chi connectivity index (χ2v) is 6.58. The number of aryl methyl sites for hydroxylation is 1. The highest BCUT2D eigenvalue weighted by atomic mass is 127. The Morgan fingerprint density at radius 1 is 1.26 bits per heavy atom. The standard InChI is InChI=1S/C19H29N5O2.HI/c1-13(2)18-23-17(26-24-18)9-10-21-19(20-5)22-12-15(4)25-16-8-6-7-14(3)11-16;/h6-8,11,13,15H,9-10,12H2,1-5H3,(H2,20,21,22);1H. The summed E-state index contributed by atoms with van der Waals surface area (Å²) in [6.07, 6.45) is 0.662. The van der Waals surface area contributed by atoms with Gasteiger partial charge in [0.25, 0.3) is 0 Å². The predicted molar refractivity (Wildman–Crippen MR) is 118 cm³/mol. The van der Waals surface area contributed by atoms with Gasteiger partial charge in [-0.1, -0.05) is 31.1 Å². The summed E-state index contributed by atoms with van der Waals surface area (Å²) in [4.78, 5) is 8.58. The van der Waals surface area contributed by atoms with Crippen molar-refractivity contribution in [3.8, 4) is 5.75 Å². The molecular formula is C19H30IN5O2. The van der Waals surface area contributed by atoms with Gasteiger partial charge in [-0.25, -0.2) is 0 Å². The summed E-state index contributed by atoms with van der Waals surface area (Å²) in [5.74, 6) is 3.23. The van der Waals surface area contributed by atoms with Crippen molar-refractivity contribution in [1.82, 2.24) is 20.8 Å². The number of guanidine groups is 1. The maximum absolute atomic E-state index is 5.91. The molecule has 2 aromatic rings. The molecule has 0 aliphatic heterocycles. The summed E-state index contributed by atoms with van der Waals surface area (Å²) < 4.78 is 11.1. The highest BCUT2D eigenvalue weighted by molar-refractivity contribution is 14.0. The Balaban J connectivity index is 0.00000364. The van der Waals surface area contributed by atoms with Crippen LogP contribution in [0.1, 0.15) is 44.0 Å². The van der Waals surface area contributed by atoms with Crippen molar-refractivity contribution in [3.05, 3.63) is 41.5 Å². The second-order valence-electron chi connectivity index (χ2n) is 6.58. The van der Waals surface area contributed by atoms with Gasteiger partial charge in [0.1, 0.15) is 11.9 Å². The molecule has 1 heterocycles. The maximum Gasteiger partial charge on any atom is 0.228 e. The van der Waals surface area contributed by atoms with Crippen molar-refractivity contribution in [2.24, 2.45) is 4.99 Å². The van der Waals surface area contributed by atoms with Gasteiger partial charge in [0.15, 0.2) is 11.8 Å². The zero-order valence-corrected chi connectivity index (χ0v) is 19.0. The first kappa shape index (κ1) is 23.2. The molecule has 0 fully saturated rings. The van der Waals surface area contributed by atoms with Crippen LogP contribution in [0.5, 0.6) is 5.75 Å². The molecule has 0 aliphatic carbocycles. The molecule has 0 amide bonds. The van der Waals surface area contributed by atoms with Gasteiger partial charge in [-0.15, -0.1) is 24.0 Å². The molecular weight excluding hydrogens is 457 g/mol. The first-order chi connectivity index (χ1) is 12.5. The molecule has 1 aromatic heterocycles. The van der Waals surface area contributed by atoms with E-state index >= 15 is 0 Å². The summed E-state index contributed by atoms with van der Waals surface area (Å²) in [7, 11) is 1.74. The summed E-state index contributed by atoms with van der Waals surface area (Å²) in [6, 6.07) is 8.04. The number of halogens is 1.